The van der Waals surface area contributed by atoms with Gasteiger partial charge in [0, 0.05) is 5.02 Å². The number of carbonyl (C=O) groups excluding carboxylic acids is 1. The van der Waals surface area contributed by atoms with Gasteiger partial charge in [0.25, 0.3) is 0 Å². The van der Waals surface area contributed by atoms with Gasteiger partial charge >= 0.3 is 0 Å². The second kappa shape index (κ2) is 8.50. The first kappa shape index (κ1) is 18.0. The van der Waals surface area contributed by atoms with Gasteiger partial charge in [-0.15, -0.1) is 0 Å². The van der Waals surface area contributed by atoms with Crippen LogP contribution in [0.2, 0.25) is 5.02 Å². The Balaban J connectivity index is 1.63. The van der Waals surface area contributed by atoms with Gasteiger partial charge in [0.1, 0.15) is 18.2 Å². The van der Waals surface area contributed by atoms with Crippen LogP contribution in [0.15, 0.2) is 72.8 Å². The summed E-state index contributed by atoms with van der Waals surface area (Å²) in [4.78, 5) is 12.3. The quantitative estimate of drug-likeness (QED) is 0.645. The standard InChI is InChI=1S/C21H17ClFNO2/c22-17-9-5-15(6-10-17)13-21(25)24-19-3-1-2-4-20(19)26-14-16-7-11-18(23)12-8-16/h1-12H,13-14H2,(H,24,25). The first-order valence-corrected chi connectivity index (χ1v) is 8.48. The van der Waals surface area contributed by atoms with E-state index in [9.17, 15) is 9.18 Å². The zero-order chi connectivity index (χ0) is 18.4. The molecule has 3 rings (SSSR count). The summed E-state index contributed by atoms with van der Waals surface area (Å²) in [6, 6.07) is 20.5. The predicted molar refractivity (Wildman–Crippen MR) is 101 cm³/mol. The summed E-state index contributed by atoms with van der Waals surface area (Å²) in [6.07, 6.45) is 0.240. The fourth-order valence-corrected chi connectivity index (χ4v) is 2.55. The third kappa shape index (κ3) is 5.07. The van der Waals surface area contributed by atoms with Crippen LogP contribution in [-0.4, -0.2) is 5.91 Å². The van der Waals surface area contributed by atoms with Gasteiger partial charge in [-0.25, -0.2) is 4.39 Å². The van der Waals surface area contributed by atoms with Crippen LogP contribution in [-0.2, 0) is 17.8 Å². The SMILES string of the molecule is O=C(Cc1ccc(Cl)cc1)Nc1ccccc1OCc1ccc(F)cc1. The van der Waals surface area contributed by atoms with Crippen molar-refractivity contribution in [3.8, 4) is 5.75 Å². The van der Waals surface area contributed by atoms with Crippen molar-refractivity contribution in [2.75, 3.05) is 5.32 Å². The van der Waals surface area contributed by atoms with E-state index in [-0.39, 0.29) is 24.8 Å². The molecular weight excluding hydrogens is 353 g/mol. The van der Waals surface area contributed by atoms with E-state index < -0.39 is 0 Å². The lowest BCUT2D eigenvalue weighted by Crippen LogP contribution is -2.15. The van der Waals surface area contributed by atoms with Gasteiger partial charge in [-0.3, -0.25) is 4.79 Å². The maximum absolute atomic E-state index is 13.0. The number of rotatable bonds is 6. The number of halogens is 2. The summed E-state index contributed by atoms with van der Waals surface area (Å²) in [6.45, 7) is 0.282. The minimum Gasteiger partial charge on any atom is -0.487 e. The number of hydrogen-bond acceptors (Lipinski definition) is 2. The van der Waals surface area contributed by atoms with Gasteiger partial charge in [0.2, 0.25) is 5.91 Å². The largest absolute Gasteiger partial charge is 0.487 e. The molecule has 5 heteroatoms. The van der Waals surface area contributed by atoms with Crippen LogP contribution in [0, 0.1) is 5.82 Å². The van der Waals surface area contributed by atoms with Crippen LogP contribution in [0.3, 0.4) is 0 Å². The summed E-state index contributed by atoms with van der Waals surface area (Å²) in [5.74, 6) is 0.120. The number of carbonyl (C=O) groups is 1. The third-order valence-electron chi connectivity index (χ3n) is 3.75. The number of benzene rings is 3. The molecular formula is C21H17ClFNO2. The third-order valence-corrected chi connectivity index (χ3v) is 4.00. The fourth-order valence-electron chi connectivity index (χ4n) is 2.42. The molecule has 3 aromatic rings. The van der Waals surface area contributed by atoms with Crippen molar-refractivity contribution in [1.29, 1.82) is 0 Å². The maximum Gasteiger partial charge on any atom is 0.228 e. The average Bonchev–Trinajstić information content (AvgIpc) is 2.64. The highest BCUT2D eigenvalue weighted by Gasteiger charge is 2.09. The van der Waals surface area contributed by atoms with E-state index in [1.54, 1.807) is 36.4 Å². The van der Waals surface area contributed by atoms with E-state index in [2.05, 4.69) is 5.32 Å². The number of ether oxygens (including phenoxy) is 1. The van der Waals surface area contributed by atoms with E-state index >= 15 is 0 Å². The normalized spacial score (nSPS) is 10.4. The summed E-state index contributed by atoms with van der Waals surface area (Å²) >= 11 is 5.85. The van der Waals surface area contributed by atoms with Crippen LogP contribution in [0.25, 0.3) is 0 Å². The molecule has 26 heavy (non-hydrogen) atoms. The first-order chi connectivity index (χ1) is 12.6. The Labute approximate surface area is 156 Å². The van der Waals surface area contributed by atoms with Crippen molar-refractivity contribution in [2.45, 2.75) is 13.0 Å². The molecule has 0 fully saturated rings. The van der Waals surface area contributed by atoms with E-state index in [1.807, 2.05) is 24.3 Å². The van der Waals surface area contributed by atoms with Gasteiger partial charge in [-0.05, 0) is 47.5 Å². The number of para-hydroxylation sites is 2. The summed E-state index contributed by atoms with van der Waals surface area (Å²) < 4.78 is 18.7. The highest BCUT2D eigenvalue weighted by Crippen LogP contribution is 2.25. The topological polar surface area (TPSA) is 38.3 Å². The molecule has 0 aliphatic heterocycles. The molecule has 3 nitrogen and oxygen atoms in total. The molecule has 0 aromatic heterocycles. The van der Waals surface area contributed by atoms with Crippen molar-refractivity contribution in [1.82, 2.24) is 0 Å². The van der Waals surface area contributed by atoms with Crippen LogP contribution >= 0.6 is 11.6 Å². The van der Waals surface area contributed by atoms with Crippen LogP contribution in [0.1, 0.15) is 11.1 Å². The minimum absolute atomic E-state index is 0.148. The van der Waals surface area contributed by atoms with Crippen LogP contribution < -0.4 is 10.1 Å². The summed E-state index contributed by atoms with van der Waals surface area (Å²) in [7, 11) is 0. The van der Waals surface area contributed by atoms with Crippen LogP contribution in [0.5, 0.6) is 5.75 Å². The number of hydrogen-bond donors (Lipinski definition) is 1. The van der Waals surface area contributed by atoms with Crippen molar-refractivity contribution < 1.29 is 13.9 Å². The summed E-state index contributed by atoms with van der Waals surface area (Å²) in [5, 5.41) is 3.50. The average molecular weight is 370 g/mol. The second-order valence-electron chi connectivity index (χ2n) is 5.76. The Morgan fingerprint density at radius 3 is 2.31 bits per heavy atom. The lowest BCUT2D eigenvalue weighted by atomic mass is 10.1. The number of amides is 1. The Hall–Kier alpha value is -2.85. The lowest BCUT2D eigenvalue weighted by Gasteiger charge is -2.12. The molecule has 0 heterocycles. The molecule has 0 radical (unpaired) electrons. The highest BCUT2D eigenvalue weighted by atomic mass is 35.5. The molecule has 3 aromatic carbocycles. The van der Waals surface area contributed by atoms with Crippen molar-refractivity contribution in [3.63, 3.8) is 0 Å². The number of anilines is 1. The van der Waals surface area contributed by atoms with Gasteiger partial charge in [0.05, 0.1) is 12.1 Å². The predicted octanol–water partition coefficient (Wildman–Crippen LogP) is 5.24. The Bertz CT molecular complexity index is 879. The maximum atomic E-state index is 13.0. The van der Waals surface area contributed by atoms with Gasteiger partial charge in [-0.2, -0.15) is 0 Å². The molecule has 0 saturated heterocycles. The zero-order valence-electron chi connectivity index (χ0n) is 13.9. The van der Waals surface area contributed by atoms with Gasteiger partial charge in [-0.1, -0.05) is 48.0 Å². The number of nitrogens with one attached hydrogen (secondary N) is 1. The molecule has 0 unspecified atom stereocenters. The first-order valence-electron chi connectivity index (χ1n) is 8.11. The Morgan fingerprint density at radius 2 is 1.58 bits per heavy atom. The molecule has 0 atom stereocenters. The molecule has 0 spiro atoms. The van der Waals surface area contributed by atoms with Crippen molar-refractivity contribution >= 4 is 23.2 Å². The molecule has 0 bridgehead atoms. The Kier molecular flexibility index (Phi) is 5.87. The highest BCUT2D eigenvalue weighted by molar-refractivity contribution is 6.30. The Morgan fingerprint density at radius 1 is 0.923 bits per heavy atom. The van der Waals surface area contributed by atoms with E-state index in [0.717, 1.165) is 11.1 Å². The van der Waals surface area contributed by atoms with E-state index in [4.69, 9.17) is 16.3 Å². The zero-order valence-corrected chi connectivity index (χ0v) is 14.7. The van der Waals surface area contributed by atoms with Crippen molar-refractivity contribution in [3.05, 3.63) is 94.8 Å². The minimum atomic E-state index is -0.288. The van der Waals surface area contributed by atoms with Gasteiger partial charge in [0.15, 0.2) is 0 Å². The van der Waals surface area contributed by atoms with E-state index in [1.165, 1.54) is 12.1 Å². The van der Waals surface area contributed by atoms with Crippen LogP contribution in [0.4, 0.5) is 10.1 Å². The van der Waals surface area contributed by atoms with Gasteiger partial charge < -0.3 is 10.1 Å². The van der Waals surface area contributed by atoms with E-state index in [0.29, 0.717) is 16.5 Å². The second-order valence-corrected chi connectivity index (χ2v) is 6.20. The smallest absolute Gasteiger partial charge is 0.228 e. The lowest BCUT2D eigenvalue weighted by molar-refractivity contribution is -0.115. The molecule has 0 aliphatic rings. The monoisotopic (exact) mass is 369 g/mol. The molecule has 1 N–H and O–H groups in total. The molecule has 0 saturated carbocycles. The molecule has 0 aliphatic carbocycles. The molecule has 1 amide bonds. The van der Waals surface area contributed by atoms with Crippen molar-refractivity contribution in [2.24, 2.45) is 0 Å². The molecule has 132 valence electrons. The summed E-state index contributed by atoms with van der Waals surface area (Å²) in [5.41, 5.74) is 2.30. The fraction of sp³-hybridized carbons (Fsp3) is 0.0952.